The molecule has 0 bridgehead atoms. The minimum absolute atomic E-state index is 0. The van der Waals surface area contributed by atoms with Gasteiger partial charge in [0.2, 0.25) is 5.91 Å². The van der Waals surface area contributed by atoms with Gasteiger partial charge in [-0.2, -0.15) is 0 Å². The average molecular weight is 484 g/mol. The first-order valence-electron chi connectivity index (χ1n) is 10.0. The molecule has 6 heteroatoms. The van der Waals surface area contributed by atoms with Crippen molar-refractivity contribution >= 4 is 35.8 Å². The summed E-state index contributed by atoms with van der Waals surface area (Å²) in [7, 11) is 0. The minimum atomic E-state index is 0. The maximum absolute atomic E-state index is 12.4. The topological polar surface area (TPSA) is 47.9 Å². The van der Waals surface area contributed by atoms with Gasteiger partial charge in [-0.1, -0.05) is 31.2 Å². The molecule has 1 aromatic rings. The Hall–Kier alpha value is -1.31. The molecule has 1 saturated heterocycles. The first-order valence-corrected chi connectivity index (χ1v) is 10.0. The lowest BCUT2D eigenvalue weighted by atomic mass is 10.00. The molecule has 1 amide bonds. The fraction of sp³-hybridized carbons (Fsp3) is 0.619. The van der Waals surface area contributed by atoms with E-state index >= 15 is 0 Å². The molecule has 2 heterocycles. The zero-order valence-electron chi connectivity index (χ0n) is 16.6. The molecule has 2 aliphatic rings. The van der Waals surface area contributed by atoms with Crippen molar-refractivity contribution in [3.63, 3.8) is 0 Å². The highest BCUT2D eigenvalue weighted by Gasteiger charge is 2.21. The fourth-order valence-corrected chi connectivity index (χ4v) is 3.93. The van der Waals surface area contributed by atoms with E-state index in [1.54, 1.807) is 0 Å². The van der Waals surface area contributed by atoms with Gasteiger partial charge in [0.15, 0.2) is 5.96 Å². The number of carbonyl (C=O) groups is 1. The van der Waals surface area contributed by atoms with E-state index in [2.05, 4.69) is 48.3 Å². The summed E-state index contributed by atoms with van der Waals surface area (Å²) in [6.45, 7) is 9.41. The Balaban J connectivity index is 0.00000261. The zero-order valence-corrected chi connectivity index (χ0v) is 18.9. The highest BCUT2D eigenvalue weighted by molar-refractivity contribution is 14.0. The summed E-state index contributed by atoms with van der Waals surface area (Å²) < 4.78 is 0. The van der Waals surface area contributed by atoms with Gasteiger partial charge in [0, 0.05) is 39.1 Å². The predicted octanol–water partition coefficient (Wildman–Crippen LogP) is 3.28. The van der Waals surface area contributed by atoms with Crippen LogP contribution in [0, 0.1) is 5.92 Å². The van der Waals surface area contributed by atoms with Crippen LogP contribution in [0.2, 0.25) is 0 Å². The van der Waals surface area contributed by atoms with Gasteiger partial charge in [-0.05, 0) is 43.2 Å². The number of rotatable bonds is 4. The van der Waals surface area contributed by atoms with Crippen LogP contribution in [0.5, 0.6) is 0 Å². The van der Waals surface area contributed by atoms with Crippen LogP contribution in [-0.4, -0.2) is 54.4 Å². The van der Waals surface area contributed by atoms with Gasteiger partial charge in [-0.25, -0.2) is 0 Å². The molecule has 0 spiro atoms. The van der Waals surface area contributed by atoms with E-state index in [0.29, 0.717) is 18.9 Å². The number of amides is 1. The third kappa shape index (κ3) is 6.09. The number of nitrogens with zero attached hydrogens (tertiary/aromatic N) is 3. The van der Waals surface area contributed by atoms with Crippen LogP contribution in [0.3, 0.4) is 0 Å². The van der Waals surface area contributed by atoms with Crippen LogP contribution >= 0.6 is 24.0 Å². The number of hydrogen-bond donors (Lipinski definition) is 1. The quantitative estimate of drug-likeness (QED) is 0.406. The third-order valence-electron chi connectivity index (χ3n) is 5.36. The number of aliphatic imine (C=N–C) groups is 1. The molecule has 3 rings (SSSR count). The number of fused-ring (bicyclic) bond motifs is 1. The van der Waals surface area contributed by atoms with Crippen LogP contribution in [0.1, 0.15) is 44.2 Å². The largest absolute Gasteiger partial charge is 0.357 e. The van der Waals surface area contributed by atoms with Crippen LogP contribution in [-0.2, 0) is 17.8 Å². The molecular weight excluding hydrogens is 451 g/mol. The highest BCUT2D eigenvalue weighted by Crippen LogP contribution is 2.19. The van der Waals surface area contributed by atoms with Crippen LogP contribution in [0.25, 0.3) is 0 Å². The van der Waals surface area contributed by atoms with Gasteiger partial charge in [0.25, 0.3) is 0 Å². The van der Waals surface area contributed by atoms with Crippen LogP contribution < -0.4 is 5.32 Å². The Morgan fingerprint density at radius 3 is 2.74 bits per heavy atom. The molecule has 0 radical (unpaired) electrons. The van der Waals surface area contributed by atoms with E-state index in [-0.39, 0.29) is 29.9 Å². The van der Waals surface area contributed by atoms with Crippen molar-refractivity contribution < 1.29 is 4.79 Å². The van der Waals surface area contributed by atoms with E-state index in [1.165, 1.54) is 17.5 Å². The number of piperidine rings is 1. The Morgan fingerprint density at radius 1 is 1.22 bits per heavy atom. The monoisotopic (exact) mass is 484 g/mol. The van der Waals surface area contributed by atoms with E-state index in [9.17, 15) is 4.79 Å². The van der Waals surface area contributed by atoms with Crippen molar-refractivity contribution in [2.45, 2.75) is 46.1 Å². The van der Waals surface area contributed by atoms with Crippen molar-refractivity contribution in [3.8, 4) is 0 Å². The molecule has 5 nitrogen and oxygen atoms in total. The number of benzene rings is 1. The number of nitrogens with one attached hydrogen (secondary N) is 1. The molecule has 0 aliphatic carbocycles. The van der Waals surface area contributed by atoms with Crippen LogP contribution in [0.15, 0.2) is 29.3 Å². The second-order valence-corrected chi connectivity index (χ2v) is 7.51. The molecule has 1 atom stereocenters. The second-order valence-electron chi connectivity index (χ2n) is 7.51. The first kappa shape index (κ1) is 22.0. The predicted molar refractivity (Wildman–Crippen MR) is 122 cm³/mol. The van der Waals surface area contributed by atoms with E-state index in [0.717, 1.165) is 51.5 Å². The molecule has 1 fully saturated rings. The summed E-state index contributed by atoms with van der Waals surface area (Å²) in [5.74, 6) is 1.81. The Kier molecular flexibility index (Phi) is 8.86. The summed E-state index contributed by atoms with van der Waals surface area (Å²) in [4.78, 5) is 21.5. The maximum atomic E-state index is 12.4. The molecule has 27 heavy (non-hydrogen) atoms. The molecule has 0 aromatic heterocycles. The van der Waals surface area contributed by atoms with Crippen LogP contribution in [0.4, 0.5) is 0 Å². The summed E-state index contributed by atoms with van der Waals surface area (Å²) in [5.41, 5.74) is 2.82. The van der Waals surface area contributed by atoms with Crippen molar-refractivity contribution in [1.29, 1.82) is 0 Å². The minimum Gasteiger partial charge on any atom is -0.357 e. The van der Waals surface area contributed by atoms with Crippen molar-refractivity contribution in [2.75, 3.05) is 32.7 Å². The highest BCUT2D eigenvalue weighted by atomic mass is 127. The number of carbonyl (C=O) groups excluding carboxylic acids is 1. The van der Waals surface area contributed by atoms with Crippen molar-refractivity contribution in [1.82, 2.24) is 15.1 Å². The van der Waals surface area contributed by atoms with E-state index in [4.69, 9.17) is 4.99 Å². The van der Waals surface area contributed by atoms with Gasteiger partial charge in [0.1, 0.15) is 0 Å². The maximum Gasteiger partial charge on any atom is 0.224 e. The Bertz CT molecular complexity index is 649. The molecule has 1 aromatic carbocycles. The van der Waals surface area contributed by atoms with Gasteiger partial charge in [-0.15, -0.1) is 24.0 Å². The number of hydrogen-bond acceptors (Lipinski definition) is 2. The number of likely N-dealkylation sites (tertiary alicyclic amines) is 1. The number of guanidine groups is 1. The lowest BCUT2D eigenvalue weighted by Gasteiger charge is -2.32. The summed E-state index contributed by atoms with van der Waals surface area (Å²) in [6.07, 6.45) is 3.92. The van der Waals surface area contributed by atoms with Gasteiger partial charge in [-0.3, -0.25) is 9.79 Å². The average Bonchev–Trinajstić information content (AvgIpc) is 2.67. The van der Waals surface area contributed by atoms with Gasteiger partial charge >= 0.3 is 0 Å². The second kappa shape index (κ2) is 10.9. The summed E-state index contributed by atoms with van der Waals surface area (Å²) in [5, 5.41) is 3.39. The lowest BCUT2D eigenvalue weighted by Crippen LogP contribution is -2.44. The molecule has 0 saturated carbocycles. The third-order valence-corrected chi connectivity index (χ3v) is 5.36. The summed E-state index contributed by atoms with van der Waals surface area (Å²) >= 11 is 0. The first-order chi connectivity index (χ1) is 12.7. The Morgan fingerprint density at radius 2 is 2.00 bits per heavy atom. The van der Waals surface area contributed by atoms with Crippen molar-refractivity contribution in [2.24, 2.45) is 10.9 Å². The molecule has 1 unspecified atom stereocenters. The van der Waals surface area contributed by atoms with Crippen molar-refractivity contribution in [3.05, 3.63) is 35.4 Å². The number of halogens is 1. The fourth-order valence-electron chi connectivity index (χ4n) is 3.93. The summed E-state index contributed by atoms with van der Waals surface area (Å²) in [6, 6.07) is 8.63. The SMILES string of the molecule is CCNC(=NCCC(=O)N1CCCC(C)C1)N1CCc2ccccc2C1.I. The Labute approximate surface area is 180 Å². The molecule has 2 aliphatic heterocycles. The van der Waals surface area contributed by atoms with E-state index < -0.39 is 0 Å². The zero-order chi connectivity index (χ0) is 18.4. The smallest absolute Gasteiger partial charge is 0.224 e. The normalized spacial score (nSPS) is 19.9. The van der Waals surface area contributed by atoms with Gasteiger partial charge in [0.05, 0.1) is 6.54 Å². The lowest BCUT2D eigenvalue weighted by molar-refractivity contribution is -0.132. The molecule has 150 valence electrons. The molecule has 1 N–H and O–H groups in total. The van der Waals surface area contributed by atoms with Gasteiger partial charge < -0.3 is 15.1 Å². The standard InChI is InChI=1S/C21H32N4O.HI/c1-3-22-21(25-14-11-18-8-4-5-9-19(18)16-25)23-12-10-20(26)24-13-6-7-17(2)15-24;/h4-5,8-9,17H,3,6-7,10-16H2,1-2H3,(H,22,23);1H. The molecular formula is C21H33IN4O. The van der Waals surface area contributed by atoms with E-state index in [1.807, 2.05) is 4.90 Å².